The summed E-state index contributed by atoms with van der Waals surface area (Å²) in [6, 6.07) is 7.80. The van der Waals surface area contributed by atoms with Crippen LogP contribution in [0.4, 0.5) is 4.39 Å². The van der Waals surface area contributed by atoms with Gasteiger partial charge >= 0.3 is 0 Å². The maximum atomic E-state index is 12.9. The van der Waals surface area contributed by atoms with Crippen LogP contribution in [0.25, 0.3) is 11.3 Å². The minimum Gasteiger partial charge on any atom is -0.294 e. The summed E-state index contributed by atoms with van der Waals surface area (Å²) in [4.78, 5) is 16.5. The molecular formula is C14H13FN2O. The van der Waals surface area contributed by atoms with E-state index in [1.54, 1.807) is 16.7 Å². The van der Waals surface area contributed by atoms with E-state index in [1.807, 2.05) is 6.92 Å². The minimum absolute atomic E-state index is 0.0238. The molecule has 0 radical (unpaired) electrons. The van der Waals surface area contributed by atoms with Gasteiger partial charge in [-0.1, -0.05) is 0 Å². The number of aryl methyl sites for hydroxylation is 1. The average Bonchev–Trinajstić information content (AvgIpc) is 2.72. The van der Waals surface area contributed by atoms with Crippen LogP contribution in [0.1, 0.15) is 25.2 Å². The van der Waals surface area contributed by atoms with E-state index in [0.717, 1.165) is 24.2 Å². The zero-order valence-electron chi connectivity index (χ0n) is 10.1. The van der Waals surface area contributed by atoms with Crippen molar-refractivity contribution in [3.05, 3.63) is 52.3 Å². The summed E-state index contributed by atoms with van der Waals surface area (Å²) in [5.74, 6) is 0.541. The van der Waals surface area contributed by atoms with Crippen molar-refractivity contribution < 1.29 is 4.39 Å². The third-order valence-electron chi connectivity index (χ3n) is 3.39. The molecule has 1 aromatic carbocycles. The van der Waals surface area contributed by atoms with Crippen molar-refractivity contribution >= 4 is 0 Å². The average molecular weight is 244 g/mol. The predicted molar refractivity (Wildman–Crippen MR) is 66.9 cm³/mol. The second kappa shape index (κ2) is 4.05. The Morgan fingerprint density at radius 2 is 2.06 bits per heavy atom. The van der Waals surface area contributed by atoms with E-state index in [-0.39, 0.29) is 17.4 Å². The lowest BCUT2D eigenvalue weighted by atomic mass is 10.1. The Labute approximate surface area is 104 Å². The molecule has 1 aliphatic rings. The molecule has 18 heavy (non-hydrogen) atoms. The van der Waals surface area contributed by atoms with Gasteiger partial charge in [-0.15, -0.1) is 0 Å². The first-order chi connectivity index (χ1) is 8.65. The van der Waals surface area contributed by atoms with E-state index in [2.05, 4.69) is 4.98 Å². The van der Waals surface area contributed by atoms with E-state index < -0.39 is 0 Å². The van der Waals surface area contributed by atoms with E-state index in [4.69, 9.17) is 0 Å². The fourth-order valence-electron chi connectivity index (χ4n) is 2.42. The molecule has 0 fully saturated rings. The Balaban J connectivity index is 2.13. The summed E-state index contributed by atoms with van der Waals surface area (Å²) in [6.07, 6.45) is 1.78. The van der Waals surface area contributed by atoms with Gasteiger partial charge in [0, 0.05) is 24.1 Å². The van der Waals surface area contributed by atoms with Gasteiger partial charge in [-0.25, -0.2) is 9.37 Å². The number of benzene rings is 1. The zero-order chi connectivity index (χ0) is 12.7. The van der Waals surface area contributed by atoms with Crippen LogP contribution in [-0.2, 0) is 6.42 Å². The number of hydrogen-bond acceptors (Lipinski definition) is 2. The normalized spacial score (nSPS) is 17.8. The van der Waals surface area contributed by atoms with Crippen molar-refractivity contribution in [1.29, 1.82) is 0 Å². The Morgan fingerprint density at radius 3 is 2.78 bits per heavy atom. The summed E-state index contributed by atoms with van der Waals surface area (Å²) in [6.45, 7) is 2.02. The molecular weight excluding hydrogens is 231 g/mol. The molecule has 0 bridgehead atoms. The first-order valence-corrected chi connectivity index (χ1v) is 6.03. The van der Waals surface area contributed by atoms with Gasteiger partial charge in [0.05, 0.1) is 5.69 Å². The zero-order valence-corrected chi connectivity index (χ0v) is 10.1. The molecule has 1 aromatic heterocycles. The molecule has 3 rings (SSSR count). The van der Waals surface area contributed by atoms with Crippen LogP contribution < -0.4 is 5.56 Å². The largest absolute Gasteiger partial charge is 0.294 e. The van der Waals surface area contributed by atoms with Crippen LogP contribution in [0, 0.1) is 5.82 Å². The Morgan fingerprint density at radius 1 is 1.33 bits per heavy atom. The summed E-state index contributed by atoms with van der Waals surface area (Å²) in [5.41, 5.74) is 1.38. The summed E-state index contributed by atoms with van der Waals surface area (Å²) >= 11 is 0. The van der Waals surface area contributed by atoms with E-state index in [9.17, 15) is 9.18 Å². The highest BCUT2D eigenvalue weighted by Gasteiger charge is 2.21. The van der Waals surface area contributed by atoms with Gasteiger partial charge in [-0.3, -0.25) is 9.36 Å². The number of aromatic nitrogens is 2. The van der Waals surface area contributed by atoms with Crippen molar-refractivity contribution in [2.75, 3.05) is 0 Å². The molecule has 2 heterocycles. The highest BCUT2D eigenvalue weighted by Crippen LogP contribution is 2.24. The fourth-order valence-corrected chi connectivity index (χ4v) is 2.42. The van der Waals surface area contributed by atoms with Crippen LogP contribution in [0.15, 0.2) is 35.1 Å². The maximum absolute atomic E-state index is 12.9. The number of nitrogens with zero attached hydrogens (tertiary/aromatic N) is 2. The molecule has 0 saturated heterocycles. The topological polar surface area (TPSA) is 34.9 Å². The maximum Gasteiger partial charge on any atom is 0.254 e. The minimum atomic E-state index is -0.287. The van der Waals surface area contributed by atoms with Crippen molar-refractivity contribution in [2.45, 2.75) is 25.8 Å². The predicted octanol–water partition coefficient (Wildman–Crippen LogP) is 2.56. The molecule has 1 atom stereocenters. The summed E-state index contributed by atoms with van der Waals surface area (Å²) < 4.78 is 14.6. The third-order valence-corrected chi connectivity index (χ3v) is 3.39. The second-order valence-corrected chi connectivity index (χ2v) is 4.66. The van der Waals surface area contributed by atoms with Gasteiger partial charge in [-0.05, 0) is 37.6 Å². The number of halogens is 1. The number of fused-ring (bicyclic) bond motifs is 1. The molecule has 1 aliphatic heterocycles. The number of rotatable bonds is 1. The molecule has 2 aromatic rings. The highest BCUT2D eigenvalue weighted by molar-refractivity contribution is 5.58. The Hall–Kier alpha value is -1.97. The van der Waals surface area contributed by atoms with Crippen LogP contribution in [0.5, 0.6) is 0 Å². The molecule has 92 valence electrons. The van der Waals surface area contributed by atoms with E-state index in [0.29, 0.717) is 5.69 Å². The molecule has 0 unspecified atom stereocenters. The van der Waals surface area contributed by atoms with Crippen molar-refractivity contribution in [2.24, 2.45) is 0 Å². The van der Waals surface area contributed by atoms with Crippen molar-refractivity contribution in [1.82, 2.24) is 9.55 Å². The van der Waals surface area contributed by atoms with Crippen molar-refractivity contribution in [3.8, 4) is 11.3 Å². The monoisotopic (exact) mass is 244 g/mol. The standard InChI is InChI=1S/C14H13FN2O/c1-9-2-7-13-16-12(8-14(18)17(9)13)10-3-5-11(15)6-4-10/h3-6,8-9H,2,7H2,1H3/t9-/m1/s1. The molecule has 0 saturated carbocycles. The lowest BCUT2D eigenvalue weighted by molar-refractivity contribution is 0.560. The Kier molecular flexibility index (Phi) is 2.51. The summed E-state index contributed by atoms with van der Waals surface area (Å²) in [5, 5.41) is 0. The van der Waals surface area contributed by atoms with Crippen LogP contribution in [-0.4, -0.2) is 9.55 Å². The quantitative estimate of drug-likeness (QED) is 0.772. The molecule has 0 N–H and O–H groups in total. The first kappa shape index (κ1) is 11.1. The Bertz CT molecular complexity index is 646. The lowest BCUT2D eigenvalue weighted by Gasteiger charge is -2.09. The molecule has 4 heteroatoms. The number of hydrogen-bond donors (Lipinski definition) is 0. The molecule has 0 amide bonds. The molecule has 3 nitrogen and oxygen atoms in total. The third kappa shape index (κ3) is 1.74. The first-order valence-electron chi connectivity index (χ1n) is 6.03. The van der Waals surface area contributed by atoms with Crippen molar-refractivity contribution in [3.63, 3.8) is 0 Å². The smallest absolute Gasteiger partial charge is 0.254 e. The van der Waals surface area contributed by atoms with Gasteiger partial charge in [0.2, 0.25) is 0 Å². The van der Waals surface area contributed by atoms with Gasteiger partial charge < -0.3 is 0 Å². The van der Waals surface area contributed by atoms with Crippen LogP contribution in [0.3, 0.4) is 0 Å². The van der Waals surface area contributed by atoms with Gasteiger partial charge in [-0.2, -0.15) is 0 Å². The second-order valence-electron chi connectivity index (χ2n) is 4.66. The van der Waals surface area contributed by atoms with Gasteiger partial charge in [0.15, 0.2) is 0 Å². The van der Waals surface area contributed by atoms with Gasteiger partial charge in [0.1, 0.15) is 11.6 Å². The SMILES string of the molecule is C[C@@H]1CCc2nc(-c3ccc(F)cc3)cc(=O)n21. The van der Waals surface area contributed by atoms with Crippen LogP contribution >= 0.6 is 0 Å². The summed E-state index contributed by atoms with van der Waals surface area (Å²) in [7, 11) is 0. The fraction of sp³-hybridized carbons (Fsp3) is 0.286. The molecule has 0 spiro atoms. The van der Waals surface area contributed by atoms with Gasteiger partial charge in [0.25, 0.3) is 5.56 Å². The lowest BCUT2D eigenvalue weighted by Crippen LogP contribution is -2.22. The van der Waals surface area contributed by atoms with Crippen LogP contribution in [0.2, 0.25) is 0 Å². The highest BCUT2D eigenvalue weighted by atomic mass is 19.1. The van der Waals surface area contributed by atoms with E-state index in [1.165, 1.54) is 18.2 Å². The molecule has 0 aliphatic carbocycles. The van der Waals surface area contributed by atoms with E-state index >= 15 is 0 Å².